The minimum Gasteiger partial charge on any atom is -0.505 e. The first kappa shape index (κ1) is 8.99. The summed E-state index contributed by atoms with van der Waals surface area (Å²) in [6, 6.07) is 1.54. The number of imidazole rings is 1. The fourth-order valence-corrected chi connectivity index (χ4v) is 1.39. The summed E-state index contributed by atoms with van der Waals surface area (Å²) in [4.78, 5) is 8.34. The lowest BCUT2D eigenvalue weighted by atomic mass is 10.1. The molecule has 0 radical (unpaired) electrons. The standard InChI is InChI=1S/C10H13N3O/c1-10(2,3)13-6-12-8-7(14)4-5-11-9(8)13/h4-6H,1-3H3,(H,11,14). The summed E-state index contributed by atoms with van der Waals surface area (Å²) in [6.07, 6.45) is 3.29. The van der Waals surface area contributed by atoms with Crippen LogP contribution in [0.2, 0.25) is 0 Å². The molecule has 2 rings (SSSR count). The van der Waals surface area contributed by atoms with Crippen LogP contribution in [0, 0.1) is 0 Å². The maximum atomic E-state index is 9.53. The quantitative estimate of drug-likeness (QED) is 0.691. The highest BCUT2D eigenvalue weighted by atomic mass is 16.3. The molecule has 1 N–H and O–H groups in total. The highest BCUT2D eigenvalue weighted by Crippen LogP contribution is 2.25. The van der Waals surface area contributed by atoms with Gasteiger partial charge in [-0.25, -0.2) is 9.97 Å². The van der Waals surface area contributed by atoms with Crippen LogP contribution in [0.5, 0.6) is 5.75 Å². The lowest BCUT2D eigenvalue weighted by Gasteiger charge is -2.20. The molecular formula is C10H13N3O. The predicted octanol–water partition coefficient (Wildman–Crippen LogP) is 1.89. The Labute approximate surface area is 82.2 Å². The molecular weight excluding hydrogens is 178 g/mol. The number of hydrogen-bond donors (Lipinski definition) is 1. The van der Waals surface area contributed by atoms with Crippen LogP contribution in [0.25, 0.3) is 11.2 Å². The summed E-state index contributed by atoms with van der Waals surface area (Å²) in [5.41, 5.74) is 1.20. The van der Waals surface area contributed by atoms with Gasteiger partial charge in [-0.05, 0) is 20.8 Å². The molecule has 0 aliphatic carbocycles. The predicted molar refractivity (Wildman–Crippen MR) is 54.2 cm³/mol. The van der Waals surface area contributed by atoms with E-state index in [0.717, 1.165) is 5.65 Å². The number of hydrogen-bond acceptors (Lipinski definition) is 3. The van der Waals surface area contributed by atoms with E-state index in [0.29, 0.717) is 5.52 Å². The SMILES string of the molecule is CC(C)(C)n1cnc2c(O)ccnc21. The van der Waals surface area contributed by atoms with Crippen LogP contribution in [-0.2, 0) is 5.54 Å². The molecule has 4 nitrogen and oxygen atoms in total. The second kappa shape index (κ2) is 2.70. The maximum absolute atomic E-state index is 9.53. The maximum Gasteiger partial charge on any atom is 0.164 e. The van der Waals surface area contributed by atoms with E-state index in [2.05, 4.69) is 30.7 Å². The lowest BCUT2D eigenvalue weighted by molar-refractivity contribution is 0.406. The molecule has 74 valence electrons. The van der Waals surface area contributed by atoms with Crippen LogP contribution in [0.15, 0.2) is 18.6 Å². The molecule has 0 amide bonds. The summed E-state index contributed by atoms with van der Waals surface area (Å²) in [5.74, 6) is 0.179. The zero-order chi connectivity index (χ0) is 10.3. The minimum atomic E-state index is -0.0739. The van der Waals surface area contributed by atoms with Gasteiger partial charge in [0.15, 0.2) is 5.65 Å². The molecule has 0 saturated carbocycles. The molecule has 2 aromatic rings. The molecule has 0 aromatic carbocycles. The van der Waals surface area contributed by atoms with Gasteiger partial charge in [-0.3, -0.25) is 0 Å². The van der Waals surface area contributed by atoms with Gasteiger partial charge in [-0.1, -0.05) is 0 Å². The van der Waals surface area contributed by atoms with Crippen molar-refractivity contribution < 1.29 is 5.11 Å². The highest BCUT2D eigenvalue weighted by molar-refractivity contribution is 5.77. The molecule has 0 aliphatic rings. The number of aromatic hydroxyl groups is 1. The Kier molecular flexibility index (Phi) is 1.74. The van der Waals surface area contributed by atoms with Crippen LogP contribution in [0.3, 0.4) is 0 Å². The number of rotatable bonds is 0. The summed E-state index contributed by atoms with van der Waals surface area (Å²) >= 11 is 0. The molecule has 0 spiro atoms. The molecule has 0 aliphatic heterocycles. The third-order valence-corrected chi connectivity index (χ3v) is 2.14. The zero-order valence-corrected chi connectivity index (χ0v) is 8.52. The van der Waals surface area contributed by atoms with E-state index in [1.165, 1.54) is 0 Å². The number of pyridine rings is 1. The Balaban J connectivity index is 2.76. The van der Waals surface area contributed by atoms with Gasteiger partial charge >= 0.3 is 0 Å². The normalized spacial score (nSPS) is 12.2. The first-order chi connectivity index (χ1) is 6.50. The van der Waals surface area contributed by atoms with Crippen LogP contribution in [0.4, 0.5) is 0 Å². The van der Waals surface area contributed by atoms with E-state index < -0.39 is 0 Å². The Morgan fingerprint density at radius 3 is 2.64 bits per heavy atom. The van der Waals surface area contributed by atoms with E-state index in [9.17, 15) is 5.11 Å². The minimum absolute atomic E-state index is 0.0739. The average Bonchev–Trinajstić information content (AvgIpc) is 2.47. The number of nitrogens with zero attached hydrogens (tertiary/aromatic N) is 3. The zero-order valence-electron chi connectivity index (χ0n) is 8.52. The van der Waals surface area contributed by atoms with Crippen molar-refractivity contribution in [3.8, 4) is 5.75 Å². The molecule has 4 heteroatoms. The van der Waals surface area contributed by atoms with E-state index in [1.54, 1.807) is 18.6 Å². The van der Waals surface area contributed by atoms with Crippen molar-refractivity contribution in [2.45, 2.75) is 26.3 Å². The Hall–Kier alpha value is -1.58. The Morgan fingerprint density at radius 2 is 2.00 bits per heavy atom. The topological polar surface area (TPSA) is 50.9 Å². The second-order valence-electron chi connectivity index (χ2n) is 4.29. The van der Waals surface area contributed by atoms with Gasteiger partial charge in [0.05, 0.1) is 6.33 Å². The van der Waals surface area contributed by atoms with Gasteiger partial charge in [0, 0.05) is 17.8 Å². The molecule has 14 heavy (non-hydrogen) atoms. The van der Waals surface area contributed by atoms with Crippen molar-refractivity contribution in [1.82, 2.24) is 14.5 Å². The van der Waals surface area contributed by atoms with Crippen LogP contribution >= 0.6 is 0 Å². The molecule has 0 bridgehead atoms. The van der Waals surface area contributed by atoms with Gasteiger partial charge < -0.3 is 9.67 Å². The Bertz CT molecular complexity index is 468. The third-order valence-electron chi connectivity index (χ3n) is 2.14. The summed E-state index contributed by atoms with van der Waals surface area (Å²) in [6.45, 7) is 6.21. The average molecular weight is 191 g/mol. The largest absolute Gasteiger partial charge is 0.505 e. The Morgan fingerprint density at radius 1 is 1.29 bits per heavy atom. The van der Waals surface area contributed by atoms with E-state index in [-0.39, 0.29) is 11.3 Å². The van der Waals surface area contributed by atoms with E-state index >= 15 is 0 Å². The molecule has 0 atom stereocenters. The van der Waals surface area contributed by atoms with Crippen LogP contribution in [0.1, 0.15) is 20.8 Å². The first-order valence-corrected chi connectivity index (χ1v) is 4.51. The number of aromatic nitrogens is 3. The van der Waals surface area contributed by atoms with Crippen molar-refractivity contribution in [2.24, 2.45) is 0 Å². The van der Waals surface area contributed by atoms with Gasteiger partial charge in [-0.2, -0.15) is 0 Å². The second-order valence-corrected chi connectivity index (χ2v) is 4.29. The van der Waals surface area contributed by atoms with Gasteiger partial charge in [-0.15, -0.1) is 0 Å². The molecule has 0 saturated heterocycles. The molecule has 0 fully saturated rings. The lowest BCUT2D eigenvalue weighted by Crippen LogP contribution is -2.20. The van der Waals surface area contributed by atoms with Crippen molar-refractivity contribution in [1.29, 1.82) is 0 Å². The van der Waals surface area contributed by atoms with Crippen molar-refractivity contribution in [2.75, 3.05) is 0 Å². The van der Waals surface area contributed by atoms with Crippen LogP contribution in [-0.4, -0.2) is 19.6 Å². The van der Waals surface area contributed by atoms with Crippen molar-refractivity contribution in [3.05, 3.63) is 18.6 Å². The third kappa shape index (κ3) is 1.23. The highest BCUT2D eigenvalue weighted by Gasteiger charge is 2.17. The number of fused-ring (bicyclic) bond motifs is 1. The summed E-state index contributed by atoms with van der Waals surface area (Å²) in [7, 11) is 0. The van der Waals surface area contributed by atoms with E-state index in [4.69, 9.17) is 0 Å². The fraction of sp³-hybridized carbons (Fsp3) is 0.400. The van der Waals surface area contributed by atoms with Gasteiger partial charge in [0.2, 0.25) is 0 Å². The van der Waals surface area contributed by atoms with Crippen molar-refractivity contribution in [3.63, 3.8) is 0 Å². The van der Waals surface area contributed by atoms with Gasteiger partial charge in [0.25, 0.3) is 0 Å². The fourth-order valence-electron chi connectivity index (χ4n) is 1.39. The van der Waals surface area contributed by atoms with Crippen LogP contribution < -0.4 is 0 Å². The summed E-state index contributed by atoms with van der Waals surface area (Å²) < 4.78 is 1.95. The van der Waals surface area contributed by atoms with Crippen molar-refractivity contribution >= 4 is 11.2 Å². The van der Waals surface area contributed by atoms with Gasteiger partial charge in [0.1, 0.15) is 11.3 Å². The molecule has 0 unspecified atom stereocenters. The smallest absolute Gasteiger partial charge is 0.164 e. The first-order valence-electron chi connectivity index (χ1n) is 4.51. The summed E-state index contributed by atoms with van der Waals surface area (Å²) in [5, 5.41) is 9.53. The monoisotopic (exact) mass is 191 g/mol. The molecule has 2 aromatic heterocycles. The molecule has 2 heterocycles. The van der Waals surface area contributed by atoms with E-state index in [1.807, 2.05) is 4.57 Å².